The molecule has 0 bridgehead atoms. The maximum Gasteiger partial charge on any atom is 0.240 e. The van der Waals surface area contributed by atoms with Gasteiger partial charge in [0.1, 0.15) is 5.82 Å². The smallest absolute Gasteiger partial charge is 0.213 e. The summed E-state index contributed by atoms with van der Waals surface area (Å²) in [6, 6.07) is 4.24. The Kier molecular flexibility index (Phi) is 4.66. The predicted octanol–water partition coefficient (Wildman–Crippen LogP) is 0.528. The monoisotopic (exact) mass is 336 g/mol. The van der Waals surface area contributed by atoms with Crippen molar-refractivity contribution in [1.82, 2.24) is 9.03 Å². The molecule has 1 saturated heterocycles. The maximum absolute atomic E-state index is 12.8. The number of benzene rings is 1. The van der Waals surface area contributed by atoms with E-state index in [0.717, 1.165) is 18.4 Å². The fourth-order valence-electron chi connectivity index (χ4n) is 2.21. The molecule has 118 valence electrons. The van der Waals surface area contributed by atoms with E-state index in [1.165, 1.54) is 16.4 Å². The molecule has 1 heterocycles. The summed E-state index contributed by atoms with van der Waals surface area (Å²) in [7, 11) is -6.95. The van der Waals surface area contributed by atoms with Gasteiger partial charge >= 0.3 is 0 Å². The van der Waals surface area contributed by atoms with Crippen LogP contribution >= 0.6 is 0 Å². The van der Waals surface area contributed by atoms with Gasteiger partial charge in [-0.1, -0.05) is 0 Å². The molecule has 1 N–H and O–H groups in total. The molecular weight excluding hydrogens is 319 g/mol. The van der Waals surface area contributed by atoms with Crippen molar-refractivity contribution in [3.8, 4) is 0 Å². The number of piperidine rings is 1. The van der Waals surface area contributed by atoms with Gasteiger partial charge in [0.2, 0.25) is 20.0 Å². The van der Waals surface area contributed by atoms with Crippen LogP contribution < -0.4 is 4.72 Å². The van der Waals surface area contributed by atoms with Crippen LogP contribution in [0.15, 0.2) is 29.2 Å². The average Bonchev–Trinajstić information content (AvgIpc) is 2.38. The second kappa shape index (κ2) is 5.99. The molecule has 2 rings (SSSR count). The van der Waals surface area contributed by atoms with Gasteiger partial charge in [-0.15, -0.1) is 0 Å². The number of rotatable bonds is 4. The number of hydrogen-bond acceptors (Lipinski definition) is 4. The van der Waals surface area contributed by atoms with Crippen LogP contribution in [0.4, 0.5) is 4.39 Å². The van der Waals surface area contributed by atoms with Gasteiger partial charge < -0.3 is 0 Å². The molecule has 21 heavy (non-hydrogen) atoms. The average molecular weight is 336 g/mol. The number of sulfonamides is 2. The van der Waals surface area contributed by atoms with Gasteiger partial charge in [0.25, 0.3) is 0 Å². The van der Waals surface area contributed by atoms with Gasteiger partial charge in [0, 0.05) is 19.1 Å². The molecule has 6 nitrogen and oxygen atoms in total. The normalized spacial score (nSPS) is 18.8. The first kappa shape index (κ1) is 16.3. The van der Waals surface area contributed by atoms with E-state index < -0.39 is 25.9 Å². The number of nitrogens with zero attached hydrogens (tertiary/aromatic N) is 1. The molecule has 0 radical (unpaired) electrons. The van der Waals surface area contributed by atoms with Gasteiger partial charge in [-0.3, -0.25) is 0 Å². The zero-order valence-corrected chi connectivity index (χ0v) is 13.1. The second-order valence-electron chi connectivity index (χ2n) is 5.01. The van der Waals surface area contributed by atoms with E-state index in [4.69, 9.17) is 0 Å². The molecule has 1 fully saturated rings. The predicted molar refractivity (Wildman–Crippen MR) is 76.2 cm³/mol. The highest BCUT2D eigenvalue weighted by Crippen LogP contribution is 2.16. The molecule has 1 aromatic carbocycles. The van der Waals surface area contributed by atoms with Crippen LogP contribution in [0.1, 0.15) is 12.8 Å². The molecule has 0 aromatic heterocycles. The fourth-order valence-corrected chi connectivity index (χ4v) is 4.39. The van der Waals surface area contributed by atoms with E-state index in [-0.39, 0.29) is 24.0 Å². The second-order valence-corrected chi connectivity index (χ2v) is 8.71. The Bertz CT molecular complexity index is 693. The zero-order valence-electron chi connectivity index (χ0n) is 11.5. The minimum absolute atomic E-state index is 0.00515. The lowest BCUT2D eigenvalue weighted by atomic mass is 10.1. The Balaban J connectivity index is 2.01. The summed E-state index contributed by atoms with van der Waals surface area (Å²) in [6.07, 6.45) is 1.96. The van der Waals surface area contributed by atoms with Crippen molar-refractivity contribution in [3.63, 3.8) is 0 Å². The molecule has 1 aliphatic rings. The van der Waals surface area contributed by atoms with Gasteiger partial charge in [-0.25, -0.2) is 30.3 Å². The van der Waals surface area contributed by atoms with E-state index in [2.05, 4.69) is 4.72 Å². The molecule has 0 saturated carbocycles. The van der Waals surface area contributed by atoms with Crippen LogP contribution in [0.3, 0.4) is 0 Å². The molecule has 0 unspecified atom stereocenters. The molecule has 0 amide bonds. The molecular formula is C12H17FN2O4S2. The van der Waals surface area contributed by atoms with Crippen LogP contribution in [0.25, 0.3) is 0 Å². The minimum atomic E-state index is -3.71. The van der Waals surface area contributed by atoms with E-state index >= 15 is 0 Å². The Labute approximate surface area is 124 Å². The number of halogens is 1. The molecule has 1 aromatic rings. The topological polar surface area (TPSA) is 83.6 Å². The Morgan fingerprint density at radius 1 is 1.10 bits per heavy atom. The number of hydrogen-bond donors (Lipinski definition) is 1. The molecule has 9 heteroatoms. The van der Waals surface area contributed by atoms with Crippen LogP contribution in [0.5, 0.6) is 0 Å². The summed E-state index contributed by atoms with van der Waals surface area (Å²) in [5.74, 6) is -0.504. The van der Waals surface area contributed by atoms with Crippen LogP contribution in [-0.2, 0) is 20.0 Å². The van der Waals surface area contributed by atoms with Crippen molar-refractivity contribution in [2.24, 2.45) is 0 Å². The largest absolute Gasteiger partial charge is 0.240 e. The van der Waals surface area contributed by atoms with Gasteiger partial charge in [-0.2, -0.15) is 0 Å². The molecule has 1 aliphatic heterocycles. The highest BCUT2D eigenvalue weighted by Gasteiger charge is 2.28. The summed E-state index contributed by atoms with van der Waals surface area (Å²) in [4.78, 5) is -0.00515. The first-order chi connectivity index (χ1) is 9.68. The highest BCUT2D eigenvalue weighted by atomic mass is 32.2. The van der Waals surface area contributed by atoms with Crippen LogP contribution in [-0.4, -0.2) is 46.5 Å². The van der Waals surface area contributed by atoms with Gasteiger partial charge in [-0.05, 0) is 37.1 Å². The highest BCUT2D eigenvalue weighted by molar-refractivity contribution is 7.89. The minimum Gasteiger partial charge on any atom is -0.213 e. The van der Waals surface area contributed by atoms with E-state index in [1.54, 1.807) is 0 Å². The molecule has 0 spiro atoms. The quantitative estimate of drug-likeness (QED) is 0.869. The fraction of sp³-hybridized carbons (Fsp3) is 0.500. The van der Waals surface area contributed by atoms with Gasteiger partial charge in [0.05, 0.1) is 11.2 Å². The van der Waals surface area contributed by atoms with E-state index in [1.807, 2.05) is 0 Å². The first-order valence-electron chi connectivity index (χ1n) is 6.41. The van der Waals surface area contributed by atoms with Crippen molar-refractivity contribution in [2.45, 2.75) is 23.8 Å². The Hall–Kier alpha value is -1.03. The summed E-state index contributed by atoms with van der Waals surface area (Å²) < 4.78 is 63.7. The zero-order chi connectivity index (χ0) is 15.7. The van der Waals surface area contributed by atoms with E-state index in [9.17, 15) is 21.2 Å². The van der Waals surface area contributed by atoms with Crippen LogP contribution in [0.2, 0.25) is 0 Å². The van der Waals surface area contributed by atoms with Crippen molar-refractivity contribution in [2.75, 3.05) is 19.3 Å². The van der Waals surface area contributed by atoms with Crippen molar-refractivity contribution in [1.29, 1.82) is 0 Å². The molecule has 0 aliphatic carbocycles. The summed E-state index contributed by atoms with van der Waals surface area (Å²) in [6.45, 7) is 0.574. The Morgan fingerprint density at radius 3 is 2.10 bits per heavy atom. The summed E-state index contributed by atoms with van der Waals surface area (Å²) >= 11 is 0. The van der Waals surface area contributed by atoms with Crippen molar-refractivity contribution >= 4 is 20.0 Å². The Morgan fingerprint density at radius 2 is 1.62 bits per heavy atom. The van der Waals surface area contributed by atoms with Crippen LogP contribution in [0, 0.1) is 5.82 Å². The first-order valence-corrected chi connectivity index (χ1v) is 9.75. The number of nitrogens with one attached hydrogen (secondary N) is 1. The third kappa shape index (κ3) is 4.22. The third-order valence-corrected chi connectivity index (χ3v) is 6.21. The summed E-state index contributed by atoms with van der Waals surface area (Å²) in [5, 5.41) is 0. The lowest BCUT2D eigenvalue weighted by Crippen LogP contribution is -2.46. The lowest BCUT2D eigenvalue weighted by Gasteiger charge is -2.30. The third-order valence-electron chi connectivity index (χ3n) is 3.37. The standard InChI is InChI=1S/C12H17FN2O4S2/c1-20(16,17)15-8-6-11(7-9-15)14-21(18,19)12-4-2-10(13)3-5-12/h2-5,11,14H,6-9H2,1H3. The van der Waals surface area contributed by atoms with E-state index in [0.29, 0.717) is 12.8 Å². The molecule has 0 atom stereocenters. The van der Waals surface area contributed by atoms with Crippen molar-refractivity contribution in [3.05, 3.63) is 30.1 Å². The maximum atomic E-state index is 12.8. The summed E-state index contributed by atoms with van der Waals surface area (Å²) in [5.41, 5.74) is 0. The SMILES string of the molecule is CS(=O)(=O)N1CCC(NS(=O)(=O)c2ccc(F)cc2)CC1. The lowest BCUT2D eigenvalue weighted by molar-refractivity contribution is 0.310. The van der Waals surface area contributed by atoms with Gasteiger partial charge in [0.15, 0.2) is 0 Å². The van der Waals surface area contributed by atoms with Crippen molar-refractivity contribution < 1.29 is 21.2 Å².